The highest BCUT2D eigenvalue weighted by Crippen LogP contribution is 2.14. The fourth-order valence-corrected chi connectivity index (χ4v) is 2.28. The van der Waals surface area contributed by atoms with E-state index in [0.29, 0.717) is 22.3 Å². The normalized spacial score (nSPS) is 11.4. The number of ether oxygens (including phenoxy) is 1. The molecule has 0 saturated heterocycles. The standard InChI is InChI=1S/C19H14N4O3/c1-12(18(24)23-15-4-2-3-13(9-15)11-20)26-19(25)14-5-6-16-17(10-14)22-8-7-21-16/h2-10,12H,1H3,(H,23,24)/t12-/m0/s1. The summed E-state index contributed by atoms with van der Waals surface area (Å²) < 4.78 is 5.21. The summed E-state index contributed by atoms with van der Waals surface area (Å²) in [6, 6.07) is 13.2. The van der Waals surface area contributed by atoms with Gasteiger partial charge in [0.1, 0.15) is 0 Å². The number of nitriles is 1. The van der Waals surface area contributed by atoms with E-state index in [1.165, 1.54) is 19.2 Å². The number of carbonyl (C=O) groups excluding carboxylic acids is 2. The van der Waals surface area contributed by atoms with E-state index in [2.05, 4.69) is 15.3 Å². The van der Waals surface area contributed by atoms with Crippen LogP contribution < -0.4 is 5.32 Å². The Hall–Kier alpha value is -3.79. The number of fused-ring (bicyclic) bond motifs is 1. The summed E-state index contributed by atoms with van der Waals surface area (Å²) in [7, 11) is 0. The third-order valence-corrected chi connectivity index (χ3v) is 3.62. The average molecular weight is 346 g/mol. The van der Waals surface area contributed by atoms with Crippen LogP contribution in [0.2, 0.25) is 0 Å². The highest BCUT2D eigenvalue weighted by atomic mass is 16.5. The van der Waals surface area contributed by atoms with Crippen LogP contribution in [-0.2, 0) is 9.53 Å². The van der Waals surface area contributed by atoms with Crippen LogP contribution >= 0.6 is 0 Å². The molecule has 26 heavy (non-hydrogen) atoms. The second kappa shape index (κ2) is 7.40. The van der Waals surface area contributed by atoms with Crippen molar-refractivity contribution in [3.05, 3.63) is 66.0 Å². The molecular formula is C19H14N4O3. The van der Waals surface area contributed by atoms with Gasteiger partial charge in [0.25, 0.3) is 5.91 Å². The van der Waals surface area contributed by atoms with Gasteiger partial charge < -0.3 is 10.1 Å². The Labute approximate surface area is 149 Å². The lowest BCUT2D eigenvalue weighted by Gasteiger charge is -2.13. The Morgan fingerprint density at radius 3 is 2.65 bits per heavy atom. The number of carbonyl (C=O) groups is 2. The molecule has 0 fully saturated rings. The molecule has 0 aliphatic carbocycles. The number of rotatable bonds is 4. The molecule has 2 aromatic carbocycles. The molecule has 1 aromatic heterocycles. The van der Waals surface area contributed by atoms with Crippen LogP contribution in [0.25, 0.3) is 11.0 Å². The lowest BCUT2D eigenvalue weighted by atomic mass is 10.2. The van der Waals surface area contributed by atoms with Crippen LogP contribution in [0.3, 0.4) is 0 Å². The van der Waals surface area contributed by atoms with Crippen LogP contribution in [0, 0.1) is 11.3 Å². The van der Waals surface area contributed by atoms with Crippen molar-refractivity contribution in [1.82, 2.24) is 9.97 Å². The second-order valence-corrected chi connectivity index (χ2v) is 5.49. The zero-order valence-corrected chi connectivity index (χ0v) is 13.8. The first-order chi connectivity index (χ1) is 12.6. The van der Waals surface area contributed by atoms with Gasteiger partial charge in [-0.1, -0.05) is 6.07 Å². The van der Waals surface area contributed by atoms with E-state index in [9.17, 15) is 9.59 Å². The molecule has 1 N–H and O–H groups in total. The van der Waals surface area contributed by atoms with Crippen molar-refractivity contribution >= 4 is 28.6 Å². The van der Waals surface area contributed by atoms with Crippen molar-refractivity contribution in [3.8, 4) is 6.07 Å². The number of nitrogens with zero attached hydrogens (tertiary/aromatic N) is 3. The minimum absolute atomic E-state index is 0.282. The van der Waals surface area contributed by atoms with E-state index in [4.69, 9.17) is 10.00 Å². The molecule has 0 bridgehead atoms. The van der Waals surface area contributed by atoms with Crippen LogP contribution in [0.1, 0.15) is 22.8 Å². The predicted molar refractivity (Wildman–Crippen MR) is 94.2 cm³/mol. The maximum atomic E-state index is 12.3. The predicted octanol–water partition coefficient (Wildman–Crippen LogP) is 2.69. The van der Waals surface area contributed by atoms with Gasteiger partial charge in [-0.3, -0.25) is 14.8 Å². The van der Waals surface area contributed by atoms with Crippen LogP contribution in [0.4, 0.5) is 5.69 Å². The number of anilines is 1. The fourth-order valence-electron chi connectivity index (χ4n) is 2.28. The van der Waals surface area contributed by atoms with Gasteiger partial charge in [0.15, 0.2) is 6.10 Å². The molecule has 1 atom stereocenters. The molecule has 1 heterocycles. The van der Waals surface area contributed by atoms with Crippen molar-refractivity contribution in [3.63, 3.8) is 0 Å². The lowest BCUT2D eigenvalue weighted by Crippen LogP contribution is -2.30. The summed E-state index contributed by atoms with van der Waals surface area (Å²) >= 11 is 0. The smallest absolute Gasteiger partial charge is 0.338 e. The van der Waals surface area contributed by atoms with E-state index >= 15 is 0 Å². The number of benzene rings is 2. The van der Waals surface area contributed by atoms with E-state index in [1.54, 1.807) is 42.6 Å². The van der Waals surface area contributed by atoms with E-state index in [1.807, 2.05) is 6.07 Å². The maximum absolute atomic E-state index is 12.3. The summed E-state index contributed by atoms with van der Waals surface area (Å²) in [5.74, 6) is -1.13. The number of esters is 1. The molecule has 7 nitrogen and oxygen atoms in total. The molecule has 7 heteroatoms. The summed E-state index contributed by atoms with van der Waals surface area (Å²) in [6.07, 6.45) is 2.09. The first kappa shape index (κ1) is 17.0. The lowest BCUT2D eigenvalue weighted by molar-refractivity contribution is -0.123. The van der Waals surface area contributed by atoms with Crippen molar-refractivity contribution in [1.29, 1.82) is 5.26 Å². The largest absolute Gasteiger partial charge is 0.449 e. The Bertz CT molecular complexity index is 1030. The zero-order valence-electron chi connectivity index (χ0n) is 13.8. The molecule has 0 saturated carbocycles. The van der Waals surface area contributed by atoms with Gasteiger partial charge in [-0.05, 0) is 43.3 Å². The van der Waals surface area contributed by atoms with Gasteiger partial charge in [-0.2, -0.15) is 5.26 Å². The molecular weight excluding hydrogens is 332 g/mol. The summed E-state index contributed by atoms with van der Waals surface area (Å²) in [5, 5.41) is 11.5. The molecule has 3 aromatic rings. The minimum Gasteiger partial charge on any atom is -0.449 e. The quantitative estimate of drug-likeness (QED) is 0.728. The number of hydrogen-bond acceptors (Lipinski definition) is 6. The van der Waals surface area contributed by atoms with E-state index in [0.717, 1.165) is 0 Å². The number of hydrogen-bond donors (Lipinski definition) is 1. The molecule has 0 unspecified atom stereocenters. The average Bonchev–Trinajstić information content (AvgIpc) is 2.67. The van der Waals surface area contributed by atoms with Gasteiger partial charge in [-0.25, -0.2) is 4.79 Å². The van der Waals surface area contributed by atoms with Crippen LogP contribution in [0.15, 0.2) is 54.9 Å². The van der Waals surface area contributed by atoms with Crippen molar-refractivity contribution in [2.75, 3.05) is 5.32 Å². The fraction of sp³-hybridized carbons (Fsp3) is 0.105. The molecule has 0 aliphatic heterocycles. The highest BCUT2D eigenvalue weighted by molar-refractivity contribution is 5.98. The molecule has 0 aliphatic rings. The number of aromatic nitrogens is 2. The van der Waals surface area contributed by atoms with Crippen molar-refractivity contribution in [2.24, 2.45) is 0 Å². The van der Waals surface area contributed by atoms with Crippen LogP contribution in [-0.4, -0.2) is 27.9 Å². The Morgan fingerprint density at radius 1 is 1.12 bits per heavy atom. The molecule has 0 radical (unpaired) electrons. The van der Waals surface area contributed by atoms with Crippen LogP contribution in [0.5, 0.6) is 0 Å². The van der Waals surface area contributed by atoms with Crippen molar-refractivity contribution in [2.45, 2.75) is 13.0 Å². The SMILES string of the molecule is C[C@H](OC(=O)c1ccc2nccnc2c1)C(=O)Nc1cccc(C#N)c1. The third-order valence-electron chi connectivity index (χ3n) is 3.62. The Morgan fingerprint density at radius 2 is 1.88 bits per heavy atom. The van der Waals surface area contributed by atoms with Gasteiger partial charge in [0, 0.05) is 18.1 Å². The highest BCUT2D eigenvalue weighted by Gasteiger charge is 2.19. The van der Waals surface area contributed by atoms with Crippen molar-refractivity contribution < 1.29 is 14.3 Å². The second-order valence-electron chi connectivity index (χ2n) is 5.49. The summed E-state index contributed by atoms with van der Waals surface area (Å²) in [6.45, 7) is 1.47. The first-order valence-electron chi connectivity index (χ1n) is 7.79. The first-order valence-corrected chi connectivity index (χ1v) is 7.79. The molecule has 128 valence electrons. The Kier molecular flexibility index (Phi) is 4.85. The van der Waals surface area contributed by atoms with Gasteiger partial charge in [-0.15, -0.1) is 0 Å². The van der Waals surface area contributed by atoms with E-state index < -0.39 is 18.0 Å². The van der Waals surface area contributed by atoms with Gasteiger partial charge >= 0.3 is 5.97 Å². The molecule has 1 amide bonds. The Balaban J connectivity index is 1.67. The summed E-state index contributed by atoms with van der Waals surface area (Å²) in [4.78, 5) is 32.7. The molecule has 0 spiro atoms. The molecule has 3 rings (SSSR count). The van der Waals surface area contributed by atoms with Gasteiger partial charge in [0.2, 0.25) is 0 Å². The van der Waals surface area contributed by atoms with Gasteiger partial charge in [0.05, 0.1) is 28.2 Å². The minimum atomic E-state index is -1.01. The zero-order chi connectivity index (χ0) is 18.5. The maximum Gasteiger partial charge on any atom is 0.338 e. The topological polar surface area (TPSA) is 105 Å². The summed E-state index contributed by atoms with van der Waals surface area (Å²) in [5.41, 5.74) is 2.38. The third kappa shape index (κ3) is 3.82. The number of amides is 1. The number of nitrogens with one attached hydrogen (secondary N) is 1. The monoisotopic (exact) mass is 346 g/mol. The van der Waals surface area contributed by atoms with E-state index in [-0.39, 0.29) is 5.56 Å².